The molecule has 0 saturated carbocycles. The number of rotatable bonds is 16. The van der Waals surface area contributed by atoms with E-state index in [2.05, 4.69) is 27.0 Å². The average Bonchev–Trinajstić information content (AvgIpc) is 3.48. The van der Waals surface area contributed by atoms with Gasteiger partial charge in [0.05, 0.1) is 35.8 Å². The Labute approximate surface area is 227 Å². The summed E-state index contributed by atoms with van der Waals surface area (Å²) >= 11 is 1.66. The number of carbonyl (C=O) groups is 3. The van der Waals surface area contributed by atoms with Crippen molar-refractivity contribution in [3.8, 4) is 0 Å². The van der Waals surface area contributed by atoms with Gasteiger partial charge in [0.15, 0.2) is 0 Å². The van der Waals surface area contributed by atoms with E-state index in [9.17, 15) is 19.5 Å². The maximum atomic E-state index is 14.3. The van der Waals surface area contributed by atoms with Gasteiger partial charge in [0.2, 0.25) is 11.8 Å². The van der Waals surface area contributed by atoms with Crippen LogP contribution in [0.3, 0.4) is 0 Å². The summed E-state index contributed by atoms with van der Waals surface area (Å²) < 4.78 is 5.00. The number of aliphatic hydroxyl groups excluding tert-OH is 1. The summed E-state index contributed by atoms with van der Waals surface area (Å²) in [7, 11) is 0. The van der Waals surface area contributed by atoms with E-state index in [1.807, 2.05) is 17.9 Å². The van der Waals surface area contributed by atoms with E-state index in [4.69, 9.17) is 4.74 Å². The Balaban J connectivity index is 1.96. The van der Waals surface area contributed by atoms with Crippen LogP contribution in [0.2, 0.25) is 0 Å². The molecule has 3 aliphatic heterocycles. The second-order valence-corrected chi connectivity index (χ2v) is 12.3. The number of unbranched alkanes of at least 4 members (excludes halogenated alkanes) is 4. The van der Waals surface area contributed by atoms with Crippen LogP contribution in [0.25, 0.3) is 0 Å². The molecule has 1 spiro atoms. The highest BCUT2D eigenvalue weighted by Crippen LogP contribution is 2.69. The van der Waals surface area contributed by atoms with Crippen LogP contribution in [-0.2, 0) is 19.1 Å². The molecule has 2 bridgehead atoms. The molecular weight excluding hydrogens is 488 g/mol. The summed E-state index contributed by atoms with van der Waals surface area (Å²) in [6, 6.07) is -1.18. The molecule has 0 aromatic carbocycles. The van der Waals surface area contributed by atoms with Crippen molar-refractivity contribution in [1.82, 2.24) is 9.80 Å². The highest BCUT2D eigenvalue weighted by Gasteiger charge is 2.77. The highest BCUT2D eigenvalue weighted by molar-refractivity contribution is 8.02. The number of hydrogen-bond acceptors (Lipinski definition) is 6. The van der Waals surface area contributed by atoms with E-state index in [0.29, 0.717) is 26.1 Å². The van der Waals surface area contributed by atoms with E-state index in [-0.39, 0.29) is 35.6 Å². The summed E-state index contributed by atoms with van der Waals surface area (Å²) in [4.78, 5) is 45.3. The molecule has 1 N–H and O–H groups in total. The Morgan fingerprint density at radius 1 is 1.24 bits per heavy atom. The predicted octanol–water partition coefficient (Wildman–Crippen LogP) is 4.20. The van der Waals surface area contributed by atoms with Gasteiger partial charge in [0.1, 0.15) is 6.04 Å². The highest BCUT2D eigenvalue weighted by atomic mass is 32.2. The van der Waals surface area contributed by atoms with Gasteiger partial charge in [-0.3, -0.25) is 14.4 Å². The number of ether oxygens (including phenoxy) is 1. The fourth-order valence-corrected chi connectivity index (χ4v) is 9.04. The topological polar surface area (TPSA) is 87.2 Å². The maximum Gasteiger partial charge on any atom is 0.310 e. The van der Waals surface area contributed by atoms with Crippen LogP contribution in [-0.4, -0.2) is 81.1 Å². The molecule has 8 heteroatoms. The number of fused-ring (bicyclic) bond motifs is 1. The number of hydrogen-bond donors (Lipinski definition) is 1. The molecule has 2 amide bonds. The molecule has 7 nitrogen and oxygen atoms in total. The van der Waals surface area contributed by atoms with Crippen molar-refractivity contribution in [3.05, 3.63) is 25.3 Å². The monoisotopic (exact) mass is 534 g/mol. The second kappa shape index (κ2) is 13.3. The van der Waals surface area contributed by atoms with Gasteiger partial charge in [0.25, 0.3) is 0 Å². The molecule has 0 aromatic heterocycles. The lowest BCUT2D eigenvalue weighted by Gasteiger charge is -2.42. The van der Waals surface area contributed by atoms with Crippen molar-refractivity contribution in [2.24, 2.45) is 17.8 Å². The Bertz CT molecular complexity index is 846. The van der Waals surface area contributed by atoms with Crippen LogP contribution in [0.15, 0.2) is 25.3 Å². The van der Waals surface area contributed by atoms with E-state index in [1.165, 1.54) is 0 Å². The van der Waals surface area contributed by atoms with E-state index in [1.54, 1.807) is 22.7 Å². The fourth-order valence-electron chi connectivity index (χ4n) is 6.65. The SMILES string of the molecule is C=CCCCCOC(=O)[C@@H]1[C@@H]2CC(C)C3(S2)C(C(=O)N(CC=C)CCCCC)N([C@@H](CC)CO)C(=O)[C@H]13. The molecular formula is C29H46N2O5S. The van der Waals surface area contributed by atoms with Gasteiger partial charge in [-0.05, 0) is 44.4 Å². The quantitative estimate of drug-likeness (QED) is 0.181. The van der Waals surface area contributed by atoms with Crippen molar-refractivity contribution in [3.63, 3.8) is 0 Å². The van der Waals surface area contributed by atoms with Gasteiger partial charge in [0, 0.05) is 18.3 Å². The minimum Gasteiger partial charge on any atom is -0.465 e. The van der Waals surface area contributed by atoms with E-state index in [0.717, 1.165) is 44.9 Å². The summed E-state index contributed by atoms with van der Waals surface area (Å²) in [6.45, 7) is 14.9. The molecule has 3 heterocycles. The third kappa shape index (κ3) is 5.51. The van der Waals surface area contributed by atoms with Crippen LogP contribution in [0.5, 0.6) is 0 Å². The molecule has 3 saturated heterocycles. The maximum absolute atomic E-state index is 14.3. The molecule has 7 atom stereocenters. The Morgan fingerprint density at radius 3 is 2.62 bits per heavy atom. The molecule has 3 rings (SSSR count). The van der Waals surface area contributed by atoms with Crippen LogP contribution >= 0.6 is 11.8 Å². The Hall–Kier alpha value is -1.80. The third-order valence-electron chi connectivity index (χ3n) is 8.50. The van der Waals surface area contributed by atoms with Crippen molar-refractivity contribution in [1.29, 1.82) is 0 Å². The predicted molar refractivity (Wildman–Crippen MR) is 148 cm³/mol. The lowest BCUT2D eigenvalue weighted by atomic mass is 9.66. The molecule has 37 heavy (non-hydrogen) atoms. The molecule has 3 aliphatic rings. The summed E-state index contributed by atoms with van der Waals surface area (Å²) in [5.41, 5.74) is 0. The fraction of sp³-hybridized carbons (Fsp3) is 0.759. The largest absolute Gasteiger partial charge is 0.465 e. The van der Waals surface area contributed by atoms with Crippen molar-refractivity contribution in [2.45, 2.75) is 94.2 Å². The lowest BCUT2D eigenvalue weighted by Crippen LogP contribution is -2.59. The number of amides is 2. The minimum absolute atomic E-state index is 0.0378. The number of allylic oxidation sites excluding steroid dienone is 1. The number of nitrogens with zero attached hydrogens (tertiary/aromatic N) is 2. The number of likely N-dealkylation sites (tertiary alicyclic amines) is 1. The van der Waals surface area contributed by atoms with Crippen molar-refractivity contribution < 1.29 is 24.2 Å². The first kappa shape index (κ1) is 29.8. The molecule has 3 unspecified atom stereocenters. The van der Waals surface area contributed by atoms with Crippen LogP contribution < -0.4 is 0 Å². The zero-order valence-electron chi connectivity index (χ0n) is 22.9. The standard InChI is InChI=1S/C29H46N2O5S/c1-6-10-12-14-17-36-28(35)23-22-18-20(5)29(37-22)24(23)26(33)31(21(9-4)19-32)25(29)27(34)30(15-8-3)16-13-11-7-2/h6,8,20-25,32H,1,3,7,9-19H2,2,4-5H3/t20?,21-,22-,23+,24-,25?,29?/m0/s1. The molecule has 208 valence electrons. The Kier molecular flexibility index (Phi) is 10.7. The third-order valence-corrected chi connectivity index (χ3v) is 10.6. The molecule has 3 fully saturated rings. The smallest absolute Gasteiger partial charge is 0.310 e. The molecule has 0 radical (unpaired) electrons. The molecule has 0 aliphatic carbocycles. The van der Waals surface area contributed by atoms with Gasteiger partial charge >= 0.3 is 5.97 Å². The first-order valence-electron chi connectivity index (χ1n) is 14.1. The Morgan fingerprint density at radius 2 is 2.00 bits per heavy atom. The van der Waals surface area contributed by atoms with E-state index < -0.39 is 28.7 Å². The normalized spacial score (nSPS) is 30.8. The lowest BCUT2D eigenvalue weighted by molar-refractivity contribution is -0.155. The zero-order chi connectivity index (χ0) is 27.2. The summed E-state index contributed by atoms with van der Waals surface area (Å²) in [6.07, 6.45) is 10.4. The van der Waals surface area contributed by atoms with Crippen LogP contribution in [0.4, 0.5) is 0 Å². The zero-order valence-corrected chi connectivity index (χ0v) is 23.7. The minimum atomic E-state index is -0.709. The number of aliphatic hydroxyl groups is 1. The first-order valence-corrected chi connectivity index (χ1v) is 15.0. The van der Waals surface area contributed by atoms with Crippen molar-refractivity contribution in [2.75, 3.05) is 26.3 Å². The first-order chi connectivity index (χ1) is 17.8. The molecule has 0 aromatic rings. The number of thioether (sulfide) groups is 1. The van der Waals surface area contributed by atoms with Gasteiger partial charge in [-0.25, -0.2) is 0 Å². The van der Waals surface area contributed by atoms with E-state index >= 15 is 0 Å². The summed E-state index contributed by atoms with van der Waals surface area (Å²) in [5.74, 6) is -1.66. The van der Waals surface area contributed by atoms with Crippen molar-refractivity contribution >= 4 is 29.5 Å². The average molecular weight is 535 g/mol. The number of esters is 1. The summed E-state index contributed by atoms with van der Waals surface area (Å²) in [5, 5.41) is 10.2. The van der Waals surface area contributed by atoms with Gasteiger partial charge in [-0.1, -0.05) is 45.8 Å². The second-order valence-electron chi connectivity index (χ2n) is 10.8. The van der Waals surface area contributed by atoms with Gasteiger partial charge in [-0.2, -0.15) is 0 Å². The van der Waals surface area contributed by atoms with Gasteiger partial charge in [-0.15, -0.1) is 24.9 Å². The van der Waals surface area contributed by atoms with Crippen LogP contribution in [0.1, 0.15) is 72.1 Å². The van der Waals surface area contributed by atoms with Gasteiger partial charge < -0.3 is 19.6 Å². The van der Waals surface area contributed by atoms with Crippen LogP contribution in [0, 0.1) is 17.8 Å². The number of carbonyl (C=O) groups excluding carboxylic acids is 3.